The van der Waals surface area contributed by atoms with Crippen molar-refractivity contribution in [1.82, 2.24) is 44.5 Å². The molecule has 11 nitrogen and oxygen atoms in total. The van der Waals surface area contributed by atoms with Crippen molar-refractivity contribution in [2.24, 2.45) is 0 Å². The Morgan fingerprint density at radius 3 is 2.85 bits per heavy atom. The van der Waals surface area contributed by atoms with Gasteiger partial charge in [0, 0.05) is 26.0 Å². The van der Waals surface area contributed by atoms with Crippen LogP contribution < -0.4 is 5.32 Å². The number of hydrogen-bond acceptors (Lipinski definition) is 8. The van der Waals surface area contributed by atoms with Crippen LogP contribution in [-0.4, -0.2) is 64.0 Å². The summed E-state index contributed by atoms with van der Waals surface area (Å²) in [7, 11) is 1.80. The Bertz CT molecular complexity index is 1510. The molecule has 5 aromatic heterocycles. The molecule has 6 heterocycles. The van der Waals surface area contributed by atoms with Crippen molar-refractivity contribution in [3.05, 3.63) is 72.9 Å². The normalized spacial score (nSPS) is 15.9. The fraction of sp³-hybridized carbons (Fsp3) is 0.174. The molecule has 1 N–H and O–H groups in total. The molecule has 0 spiro atoms. The highest BCUT2D eigenvalue weighted by molar-refractivity contribution is 5.85. The Labute approximate surface area is 194 Å². The number of likely N-dealkylation sites (N-methyl/N-ethyl adjacent to an activating group) is 1. The van der Waals surface area contributed by atoms with Gasteiger partial charge in [0.05, 0.1) is 46.6 Å². The van der Waals surface area contributed by atoms with Crippen LogP contribution in [0.5, 0.6) is 0 Å². The number of carbonyl (C=O) groups is 1. The maximum absolute atomic E-state index is 12.3. The van der Waals surface area contributed by atoms with E-state index in [1.165, 1.54) is 0 Å². The third-order valence-corrected chi connectivity index (χ3v) is 5.86. The maximum Gasteiger partial charge on any atom is 0.231 e. The first-order valence-electron chi connectivity index (χ1n) is 10.8. The summed E-state index contributed by atoms with van der Waals surface area (Å²) in [5.74, 6) is 0.847. The highest BCUT2D eigenvalue weighted by atomic mass is 16.2. The van der Waals surface area contributed by atoms with Gasteiger partial charge in [0.15, 0.2) is 5.82 Å². The maximum atomic E-state index is 12.3. The summed E-state index contributed by atoms with van der Waals surface area (Å²) in [6.07, 6.45) is 7.81. The predicted molar refractivity (Wildman–Crippen MR) is 124 cm³/mol. The topological polar surface area (TPSA) is 119 Å². The van der Waals surface area contributed by atoms with E-state index >= 15 is 0 Å². The lowest BCUT2D eigenvalue weighted by atomic mass is 10.1. The minimum absolute atomic E-state index is 0.0703. The Morgan fingerprint density at radius 2 is 1.97 bits per heavy atom. The average molecular weight is 452 g/mol. The summed E-state index contributed by atoms with van der Waals surface area (Å²) >= 11 is 0. The van der Waals surface area contributed by atoms with Crippen LogP contribution in [0.25, 0.3) is 22.7 Å². The van der Waals surface area contributed by atoms with Crippen LogP contribution in [0.1, 0.15) is 18.0 Å². The number of rotatable bonds is 5. The Hall–Kier alpha value is -4.67. The number of anilines is 2. The fourth-order valence-corrected chi connectivity index (χ4v) is 4.05. The number of pyridine rings is 2. The smallest absolute Gasteiger partial charge is 0.231 e. The molecule has 168 valence electrons. The van der Waals surface area contributed by atoms with E-state index in [4.69, 9.17) is 4.98 Å². The molecule has 1 fully saturated rings. The van der Waals surface area contributed by atoms with Gasteiger partial charge < -0.3 is 10.2 Å². The third kappa shape index (κ3) is 3.52. The molecule has 5 aromatic rings. The van der Waals surface area contributed by atoms with Crippen molar-refractivity contribution in [2.75, 3.05) is 18.9 Å². The monoisotopic (exact) mass is 452 g/mol. The van der Waals surface area contributed by atoms with Crippen molar-refractivity contribution in [2.45, 2.75) is 12.3 Å². The number of hydrogen-bond donors (Lipinski definition) is 1. The van der Waals surface area contributed by atoms with Gasteiger partial charge in [0.25, 0.3) is 0 Å². The van der Waals surface area contributed by atoms with Crippen molar-refractivity contribution in [1.29, 1.82) is 0 Å². The molecule has 0 aromatic carbocycles. The van der Waals surface area contributed by atoms with Crippen molar-refractivity contribution >= 4 is 23.1 Å². The zero-order chi connectivity index (χ0) is 23.1. The second-order valence-electron chi connectivity index (χ2n) is 8.05. The van der Waals surface area contributed by atoms with Crippen LogP contribution in [0.2, 0.25) is 0 Å². The standard InChI is InChI=1S/C23H20N10O/c1-31-12-9-15(22(31)34)19-14-33(30-29-19)21-7-4-5-16(26-21)17-8-10-24-23(27-17)28-18-13-25-32-11-3-2-6-20(18)32/h2-8,10-11,13-15H,9,12H2,1H3,(H,24,27,28). The molecule has 1 atom stereocenters. The molecule has 34 heavy (non-hydrogen) atoms. The highest BCUT2D eigenvalue weighted by Gasteiger charge is 2.32. The SMILES string of the molecule is CN1CCC(c2cn(-c3cccc(-c4ccnc(Nc5cnn6ccccc56)n4)n3)nn2)C1=O. The number of nitrogens with zero attached hydrogens (tertiary/aromatic N) is 9. The summed E-state index contributed by atoms with van der Waals surface area (Å²) in [5.41, 5.74) is 3.70. The third-order valence-electron chi connectivity index (χ3n) is 5.86. The predicted octanol–water partition coefficient (Wildman–Crippen LogP) is 2.46. The lowest BCUT2D eigenvalue weighted by molar-refractivity contribution is -0.127. The molecule has 6 rings (SSSR count). The van der Waals surface area contributed by atoms with Gasteiger partial charge in [-0.05, 0) is 36.8 Å². The van der Waals surface area contributed by atoms with Crippen molar-refractivity contribution < 1.29 is 4.79 Å². The zero-order valence-corrected chi connectivity index (χ0v) is 18.3. The number of amides is 1. The zero-order valence-electron chi connectivity index (χ0n) is 18.3. The molecule has 11 heteroatoms. The molecule has 1 aliphatic heterocycles. The van der Waals surface area contributed by atoms with Crippen LogP contribution in [0.4, 0.5) is 11.6 Å². The fourth-order valence-electron chi connectivity index (χ4n) is 4.05. The number of nitrogens with one attached hydrogen (secondary N) is 1. The Kier molecular flexibility index (Phi) is 4.72. The highest BCUT2D eigenvalue weighted by Crippen LogP contribution is 2.26. The molecule has 1 amide bonds. The number of carbonyl (C=O) groups excluding carboxylic acids is 1. The van der Waals surface area contributed by atoms with Gasteiger partial charge in [0.1, 0.15) is 0 Å². The largest absolute Gasteiger partial charge is 0.345 e. The van der Waals surface area contributed by atoms with Crippen molar-refractivity contribution in [3.63, 3.8) is 0 Å². The molecule has 1 unspecified atom stereocenters. The second-order valence-corrected chi connectivity index (χ2v) is 8.05. The Balaban J connectivity index is 1.27. The van der Waals surface area contributed by atoms with Gasteiger partial charge in [-0.3, -0.25) is 4.79 Å². The summed E-state index contributed by atoms with van der Waals surface area (Å²) < 4.78 is 3.37. The van der Waals surface area contributed by atoms with Gasteiger partial charge in [-0.1, -0.05) is 17.3 Å². The molecule has 0 bridgehead atoms. The minimum atomic E-state index is -0.252. The van der Waals surface area contributed by atoms with Crippen LogP contribution in [0.15, 0.2) is 67.3 Å². The first-order chi connectivity index (χ1) is 16.7. The molecular weight excluding hydrogens is 432 g/mol. The molecule has 0 radical (unpaired) electrons. The Morgan fingerprint density at radius 1 is 1.06 bits per heavy atom. The molecule has 1 saturated heterocycles. The minimum Gasteiger partial charge on any atom is -0.345 e. The quantitative estimate of drug-likeness (QED) is 0.432. The number of aromatic nitrogens is 8. The summed E-state index contributed by atoms with van der Waals surface area (Å²) in [5, 5.41) is 16.0. The first-order valence-corrected chi connectivity index (χ1v) is 10.8. The second kappa shape index (κ2) is 8.03. The van der Waals surface area contributed by atoms with Gasteiger partial charge in [0.2, 0.25) is 11.9 Å². The average Bonchev–Trinajstić information content (AvgIpc) is 3.60. The summed E-state index contributed by atoms with van der Waals surface area (Å²) in [6.45, 7) is 0.726. The van der Waals surface area contributed by atoms with E-state index in [0.717, 1.165) is 24.2 Å². The van der Waals surface area contributed by atoms with Crippen LogP contribution in [0, 0.1) is 0 Å². The van der Waals surface area contributed by atoms with E-state index in [1.54, 1.807) is 45.8 Å². The van der Waals surface area contributed by atoms with Crippen LogP contribution >= 0.6 is 0 Å². The molecule has 0 aliphatic carbocycles. The lowest BCUT2D eigenvalue weighted by Crippen LogP contribution is -2.21. The van der Waals surface area contributed by atoms with E-state index < -0.39 is 0 Å². The van der Waals surface area contributed by atoms with Crippen LogP contribution in [0.3, 0.4) is 0 Å². The molecule has 0 saturated carbocycles. The summed E-state index contributed by atoms with van der Waals surface area (Å²) in [4.78, 5) is 27.7. The number of fused-ring (bicyclic) bond motifs is 1. The first kappa shape index (κ1) is 20.0. The van der Waals surface area contributed by atoms with E-state index in [0.29, 0.717) is 28.8 Å². The van der Waals surface area contributed by atoms with Gasteiger partial charge in [-0.25, -0.2) is 24.1 Å². The van der Waals surface area contributed by atoms with Crippen LogP contribution in [-0.2, 0) is 4.79 Å². The summed E-state index contributed by atoms with van der Waals surface area (Å²) in [6, 6.07) is 13.2. The van der Waals surface area contributed by atoms with Gasteiger partial charge >= 0.3 is 0 Å². The van der Waals surface area contributed by atoms with E-state index in [1.807, 2.05) is 42.6 Å². The van der Waals surface area contributed by atoms with Gasteiger partial charge in [-0.15, -0.1) is 5.10 Å². The molecule has 1 aliphatic rings. The van der Waals surface area contributed by atoms with E-state index in [2.05, 4.69) is 30.7 Å². The lowest BCUT2D eigenvalue weighted by Gasteiger charge is -2.07. The van der Waals surface area contributed by atoms with E-state index in [-0.39, 0.29) is 11.8 Å². The molecular formula is C23H20N10O. The number of likely N-dealkylation sites (tertiary alicyclic amines) is 1. The van der Waals surface area contributed by atoms with E-state index in [9.17, 15) is 4.79 Å². The van der Waals surface area contributed by atoms with Crippen molar-refractivity contribution in [3.8, 4) is 17.2 Å². The van der Waals surface area contributed by atoms with Gasteiger partial charge in [-0.2, -0.15) is 5.10 Å².